The van der Waals surface area contributed by atoms with Crippen molar-refractivity contribution >= 4 is 28.9 Å². The minimum absolute atomic E-state index is 0.0372. The van der Waals surface area contributed by atoms with Crippen LogP contribution in [0.1, 0.15) is 15.9 Å². The van der Waals surface area contributed by atoms with Crippen LogP contribution in [0.15, 0.2) is 65.4 Å². The van der Waals surface area contributed by atoms with Crippen LogP contribution in [0.25, 0.3) is 0 Å². The van der Waals surface area contributed by atoms with Gasteiger partial charge in [0.05, 0.1) is 12.2 Å². The summed E-state index contributed by atoms with van der Waals surface area (Å²) in [5.74, 6) is 1.59. The number of allylic oxidation sites excluding steroid dienone is 1. The maximum Gasteiger partial charge on any atom is 0.189 e. The number of nitrogens with one attached hydrogen (secondary N) is 1. The van der Waals surface area contributed by atoms with Crippen LogP contribution in [0.5, 0.6) is 0 Å². The molecule has 0 fully saturated rings. The van der Waals surface area contributed by atoms with Gasteiger partial charge in [-0.2, -0.15) is 0 Å². The first-order valence-electron chi connectivity index (χ1n) is 7.42. The summed E-state index contributed by atoms with van der Waals surface area (Å²) >= 11 is 6.09. The third-order valence-corrected chi connectivity index (χ3v) is 4.18. The van der Waals surface area contributed by atoms with Gasteiger partial charge in [0.2, 0.25) is 0 Å². The van der Waals surface area contributed by atoms with Crippen molar-refractivity contribution in [2.24, 2.45) is 4.99 Å². The van der Waals surface area contributed by atoms with E-state index in [9.17, 15) is 4.79 Å². The van der Waals surface area contributed by atoms with Gasteiger partial charge in [-0.25, -0.2) is 0 Å². The van der Waals surface area contributed by atoms with Crippen LogP contribution in [0.4, 0.5) is 5.69 Å². The second-order valence-electron chi connectivity index (χ2n) is 5.43. The van der Waals surface area contributed by atoms with Crippen LogP contribution >= 0.6 is 11.6 Å². The summed E-state index contributed by atoms with van der Waals surface area (Å²) in [4.78, 5) is 19.1. The maximum absolute atomic E-state index is 12.5. The number of halogens is 1. The molecule has 2 aliphatic rings. The standard InChI is InChI=1S/C18H14ClN3O/c19-13-6-7-14-15(10-13)21-17(22-9-8-20-18(14)22)11-16(23)12-4-2-1-3-5-12/h1-7,10-11,21H,8-9H2/b17-11+. The van der Waals surface area contributed by atoms with Crippen molar-refractivity contribution in [3.05, 3.63) is 76.6 Å². The fourth-order valence-corrected chi connectivity index (χ4v) is 3.03. The molecule has 0 aromatic heterocycles. The van der Waals surface area contributed by atoms with Crippen molar-refractivity contribution in [3.63, 3.8) is 0 Å². The Hall–Kier alpha value is -2.59. The molecule has 4 rings (SSSR count). The molecule has 0 atom stereocenters. The lowest BCUT2D eigenvalue weighted by Gasteiger charge is -2.31. The number of carbonyl (C=O) groups excluding carboxylic acids is 1. The van der Waals surface area contributed by atoms with Crippen LogP contribution in [0.2, 0.25) is 5.02 Å². The summed E-state index contributed by atoms with van der Waals surface area (Å²) in [6.45, 7) is 1.48. The quantitative estimate of drug-likeness (QED) is 0.679. The Morgan fingerprint density at radius 3 is 2.87 bits per heavy atom. The van der Waals surface area contributed by atoms with Gasteiger partial charge in [-0.3, -0.25) is 9.79 Å². The molecule has 1 N–H and O–H groups in total. The minimum atomic E-state index is -0.0372. The number of nitrogens with zero attached hydrogens (tertiary/aromatic N) is 2. The zero-order valence-corrected chi connectivity index (χ0v) is 13.0. The number of aliphatic imine (C=N–C) groups is 1. The lowest BCUT2D eigenvalue weighted by atomic mass is 10.1. The third-order valence-electron chi connectivity index (χ3n) is 3.94. The Kier molecular flexibility index (Phi) is 3.39. The largest absolute Gasteiger partial charge is 0.341 e. The molecule has 0 aliphatic carbocycles. The van der Waals surface area contributed by atoms with Crippen LogP contribution in [0, 0.1) is 0 Å². The number of ketones is 1. The van der Waals surface area contributed by atoms with Crippen LogP contribution in [-0.4, -0.2) is 29.6 Å². The number of fused-ring (bicyclic) bond motifs is 3. The molecule has 23 heavy (non-hydrogen) atoms. The first-order valence-corrected chi connectivity index (χ1v) is 7.80. The van der Waals surface area contributed by atoms with Gasteiger partial charge < -0.3 is 10.2 Å². The summed E-state index contributed by atoms with van der Waals surface area (Å²) in [6, 6.07) is 14.9. The Balaban J connectivity index is 1.74. The van der Waals surface area contributed by atoms with E-state index in [-0.39, 0.29) is 5.78 Å². The number of amidine groups is 1. The summed E-state index contributed by atoms with van der Waals surface area (Å²) in [7, 11) is 0. The fourth-order valence-electron chi connectivity index (χ4n) is 2.86. The zero-order chi connectivity index (χ0) is 15.8. The number of benzene rings is 2. The molecule has 0 amide bonds. The van der Waals surface area contributed by atoms with Crippen molar-refractivity contribution in [2.45, 2.75) is 0 Å². The average molecular weight is 324 g/mol. The summed E-state index contributed by atoms with van der Waals surface area (Å²) in [5.41, 5.74) is 2.55. The van der Waals surface area contributed by atoms with Gasteiger partial charge in [-0.15, -0.1) is 0 Å². The van der Waals surface area contributed by atoms with Gasteiger partial charge in [-0.05, 0) is 18.2 Å². The molecule has 0 unspecified atom stereocenters. The first-order chi connectivity index (χ1) is 11.2. The van der Waals surface area contributed by atoms with Gasteiger partial charge in [0.1, 0.15) is 11.7 Å². The summed E-state index contributed by atoms with van der Waals surface area (Å²) < 4.78 is 0. The van der Waals surface area contributed by atoms with Crippen molar-refractivity contribution in [1.29, 1.82) is 0 Å². The molecular formula is C18H14ClN3O. The minimum Gasteiger partial charge on any atom is -0.341 e. The van der Waals surface area contributed by atoms with Gasteiger partial charge in [0, 0.05) is 28.8 Å². The Morgan fingerprint density at radius 2 is 2.04 bits per heavy atom. The molecule has 4 nitrogen and oxygen atoms in total. The monoisotopic (exact) mass is 323 g/mol. The number of rotatable bonds is 2. The predicted molar refractivity (Wildman–Crippen MR) is 92.0 cm³/mol. The highest BCUT2D eigenvalue weighted by molar-refractivity contribution is 6.31. The van der Waals surface area contributed by atoms with E-state index in [2.05, 4.69) is 10.3 Å². The molecule has 2 aromatic carbocycles. The van der Waals surface area contributed by atoms with Crippen LogP contribution < -0.4 is 5.32 Å². The van der Waals surface area contributed by atoms with Crippen molar-refractivity contribution in [1.82, 2.24) is 4.90 Å². The zero-order valence-electron chi connectivity index (χ0n) is 12.3. The average Bonchev–Trinajstić information content (AvgIpc) is 3.05. The molecule has 2 aliphatic heterocycles. The molecular weight excluding hydrogens is 310 g/mol. The third kappa shape index (κ3) is 2.51. The molecule has 0 radical (unpaired) electrons. The molecule has 5 heteroatoms. The second kappa shape index (κ2) is 5.56. The lowest BCUT2D eigenvalue weighted by molar-refractivity contribution is 0.104. The van der Waals surface area contributed by atoms with E-state index < -0.39 is 0 Å². The van der Waals surface area contributed by atoms with E-state index >= 15 is 0 Å². The molecule has 0 spiro atoms. The van der Waals surface area contributed by atoms with Crippen molar-refractivity contribution < 1.29 is 4.79 Å². The van der Waals surface area contributed by atoms with Crippen molar-refractivity contribution in [2.75, 3.05) is 18.4 Å². The fraction of sp³-hybridized carbons (Fsp3) is 0.111. The topological polar surface area (TPSA) is 44.7 Å². The van der Waals surface area contributed by atoms with E-state index in [1.54, 1.807) is 6.08 Å². The molecule has 0 bridgehead atoms. The Bertz CT molecular complexity index is 843. The van der Waals surface area contributed by atoms with E-state index in [1.807, 2.05) is 53.4 Å². The van der Waals surface area contributed by atoms with Gasteiger partial charge >= 0.3 is 0 Å². The number of hydrogen-bond donors (Lipinski definition) is 1. The Labute approximate surface area is 139 Å². The Morgan fingerprint density at radius 1 is 1.22 bits per heavy atom. The highest BCUT2D eigenvalue weighted by atomic mass is 35.5. The number of carbonyl (C=O) groups is 1. The van der Waals surface area contributed by atoms with Gasteiger partial charge in [-0.1, -0.05) is 41.9 Å². The lowest BCUT2D eigenvalue weighted by Crippen LogP contribution is -2.36. The molecule has 114 valence electrons. The highest BCUT2D eigenvalue weighted by Gasteiger charge is 2.29. The smallest absolute Gasteiger partial charge is 0.189 e. The number of anilines is 1. The van der Waals surface area contributed by atoms with Crippen LogP contribution in [0.3, 0.4) is 0 Å². The van der Waals surface area contributed by atoms with E-state index in [4.69, 9.17) is 11.6 Å². The predicted octanol–water partition coefficient (Wildman–Crippen LogP) is 3.55. The first kappa shape index (κ1) is 14.0. The SMILES string of the molecule is O=C(/C=C1\Nc2cc(Cl)ccc2C2=NCCN21)c1ccccc1. The molecule has 0 saturated carbocycles. The number of hydrogen-bond acceptors (Lipinski definition) is 4. The second-order valence-corrected chi connectivity index (χ2v) is 5.87. The van der Waals surface area contributed by atoms with Gasteiger partial charge in [0.25, 0.3) is 0 Å². The van der Waals surface area contributed by atoms with E-state index in [0.717, 1.165) is 36.0 Å². The van der Waals surface area contributed by atoms with Crippen molar-refractivity contribution in [3.8, 4) is 0 Å². The summed E-state index contributed by atoms with van der Waals surface area (Å²) in [6.07, 6.45) is 1.63. The molecule has 2 aromatic rings. The van der Waals surface area contributed by atoms with E-state index in [1.165, 1.54) is 0 Å². The van der Waals surface area contributed by atoms with Gasteiger partial charge in [0.15, 0.2) is 5.78 Å². The summed E-state index contributed by atoms with van der Waals surface area (Å²) in [5, 5.41) is 3.96. The highest BCUT2D eigenvalue weighted by Crippen LogP contribution is 2.32. The van der Waals surface area contributed by atoms with Crippen LogP contribution in [-0.2, 0) is 0 Å². The maximum atomic E-state index is 12.5. The molecule has 0 saturated heterocycles. The molecule has 2 heterocycles. The normalized spacial score (nSPS) is 17.3. The van der Waals surface area contributed by atoms with E-state index in [0.29, 0.717) is 10.6 Å².